The Balaban J connectivity index is 2.01. The van der Waals surface area contributed by atoms with Crippen LogP contribution >= 0.6 is 0 Å². The summed E-state index contributed by atoms with van der Waals surface area (Å²) in [4.78, 5) is 13.9. The molecule has 0 saturated carbocycles. The molecule has 2 rings (SSSR count). The first-order valence-corrected chi connectivity index (χ1v) is 7.65. The number of nitrogens with one attached hydrogen (secondary N) is 2. The quantitative estimate of drug-likeness (QED) is 0.546. The number of methoxy groups -OCH3 is 1. The molecular formula is C15H21N7O2. The van der Waals surface area contributed by atoms with E-state index < -0.39 is 0 Å². The van der Waals surface area contributed by atoms with E-state index in [-0.39, 0.29) is 12.3 Å². The van der Waals surface area contributed by atoms with Gasteiger partial charge >= 0.3 is 0 Å². The highest BCUT2D eigenvalue weighted by atomic mass is 16.5. The molecule has 0 saturated heterocycles. The highest BCUT2D eigenvalue weighted by molar-refractivity contribution is 5.86. The Hall–Kier alpha value is -2.97. The molecule has 0 bridgehead atoms. The van der Waals surface area contributed by atoms with Gasteiger partial charge in [-0.15, -0.1) is 10.2 Å². The van der Waals surface area contributed by atoms with Gasteiger partial charge in [-0.2, -0.15) is 10.3 Å². The molecule has 24 heavy (non-hydrogen) atoms. The van der Waals surface area contributed by atoms with Crippen molar-refractivity contribution >= 4 is 17.8 Å². The predicted octanol–water partition coefficient (Wildman–Crippen LogP) is 0.747. The van der Waals surface area contributed by atoms with Gasteiger partial charge in [0.15, 0.2) is 5.82 Å². The van der Waals surface area contributed by atoms with E-state index in [2.05, 4.69) is 49.9 Å². The second-order valence-electron chi connectivity index (χ2n) is 4.90. The van der Waals surface area contributed by atoms with Crippen LogP contribution in [-0.2, 0) is 11.2 Å². The van der Waals surface area contributed by atoms with E-state index >= 15 is 0 Å². The number of anilines is 1. The van der Waals surface area contributed by atoms with Gasteiger partial charge in [-0.05, 0) is 26.0 Å². The maximum Gasteiger partial charge on any atom is 0.247 e. The van der Waals surface area contributed by atoms with Crippen LogP contribution in [0, 0.1) is 0 Å². The van der Waals surface area contributed by atoms with Crippen LogP contribution in [0.1, 0.15) is 25.2 Å². The van der Waals surface area contributed by atoms with E-state index in [4.69, 9.17) is 4.74 Å². The summed E-state index contributed by atoms with van der Waals surface area (Å²) in [6.45, 7) is 6.04. The van der Waals surface area contributed by atoms with Crippen molar-refractivity contribution in [2.24, 2.45) is 5.10 Å². The number of amides is 1. The largest absolute Gasteiger partial charge is 0.496 e. The lowest BCUT2D eigenvalue weighted by atomic mass is 10.2. The number of H-pyrrole nitrogens is 1. The number of hydrogen-bond donors (Lipinski definition) is 2. The SMILES string of the molecule is CCN(CC)c1ccc(C=NNC(=O)Cc2nn[nH]n2)c(OC)c1. The van der Waals surface area contributed by atoms with Crippen molar-refractivity contribution in [1.29, 1.82) is 0 Å². The molecule has 0 aliphatic heterocycles. The van der Waals surface area contributed by atoms with Crippen molar-refractivity contribution in [3.8, 4) is 5.75 Å². The number of hydrogen-bond acceptors (Lipinski definition) is 7. The molecule has 0 spiro atoms. The highest BCUT2D eigenvalue weighted by Gasteiger charge is 2.08. The van der Waals surface area contributed by atoms with Crippen molar-refractivity contribution in [3.63, 3.8) is 0 Å². The minimum absolute atomic E-state index is 0.00583. The summed E-state index contributed by atoms with van der Waals surface area (Å²) in [5, 5.41) is 17.0. The Bertz CT molecular complexity index is 681. The van der Waals surface area contributed by atoms with E-state index in [0.717, 1.165) is 24.3 Å². The van der Waals surface area contributed by atoms with Crippen molar-refractivity contribution < 1.29 is 9.53 Å². The van der Waals surface area contributed by atoms with Crippen LogP contribution in [0.4, 0.5) is 5.69 Å². The van der Waals surface area contributed by atoms with Gasteiger partial charge in [0.2, 0.25) is 5.91 Å². The molecule has 0 aliphatic rings. The number of aromatic nitrogens is 4. The molecule has 2 N–H and O–H groups in total. The number of carbonyl (C=O) groups excluding carboxylic acids is 1. The lowest BCUT2D eigenvalue weighted by Crippen LogP contribution is -2.22. The average molecular weight is 331 g/mol. The topological polar surface area (TPSA) is 108 Å². The molecular weight excluding hydrogens is 310 g/mol. The lowest BCUT2D eigenvalue weighted by Gasteiger charge is -2.21. The Morgan fingerprint density at radius 3 is 2.83 bits per heavy atom. The number of rotatable bonds is 8. The zero-order chi connectivity index (χ0) is 17.4. The lowest BCUT2D eigenvalue weighted by molar-refractivity contribution is -0.120. The zero-order valence-corrected chi connectivity index (χ0v) is 14.0. The Kier molecular flexibility index (Phi) is 6.23. The van der Waals surface area contributed by atoms with Crippen LogP contribution in [0.5, 0.6) is 5.75 Å². The van der Waals surface area contributed by atoms with Crippen LogP contribution in [-0.4, -0.2) is 52.9 Å². The van der Waals surface area contributed by atoms with Crippen molar-refractivity contribution in [3.05, 3.63) is 29.6 Å². The number of tetrazole rings is 1. The average Bonchev–Trinajstić information content (AvgIpc) is 3.09. The smallest absolute Gasteiger partial charge is 0.247 e. The van der Waals surface area contributed by atoms with E-state index in [1.54, 1.807) is 13.3 Å². The van der Waals surface area contributed by atoms with Gasteiger partial charge in [-0.1, -0.05) is 5.21 Å². The molecule has 9 heteroatoms. The van der Waals surface area contributed by atoms with Crippen LogP contribution < -0.4 is 15.1 Å². The number of carbonyl (C=O) groups is 1. The van der Waals surface area contributed by atoms with Gasteiger partial charge in [0.05, 0.1) is 19.7 Å². The van der Waals surface area contributed by atoms with Crippen molar-refractivity contribution in [2.45, 2.75) is 20.3 Å². The normalized spacial score (nSPS) is 10.8. The number of benzene rings is 1. The summed E-state index contributed by atoms with van der Waals surface area (Å²) in [6, 6.07) is 5.86. The molecule has 128 valence electrons. The maximum absolute atomic E-state index is 11.7. The molecule has 0 unspecified atom stereocenters. The van der Waals surface area contributed by atoms with Crippen LogP contribution in [0.15, 0.2) is 23.3 Å². The molecule has 1 aromatic heterocycles. The number of hydrazone groups is 1. The first-order chi connectivity index (χ1) is 11.7. The van der Waals surface area contributed by atoms with E-state index in [1.165, 1.54) is 0 Å². The molecule has 9 nitrogen and oxygen atoms in total. The van der Waals surface area contributed by atoms with Gasteiger partial charge in [-0.3, -0.25) is 4.79 Å². The molecule has 1 amide bonds. The first kappa shape index (κ1) is 17.4. The third-order valence-corrected chi connectivity index (χ3v) is 3.45. The third-order valence-electron chi connectivity index (χ3n) is 3.45. The molecule has 1 aromatic carbocycles. The Labute approximate surface area is 140 Å². The first-order valence-electron chi connectivity index (χ1n) is 7.65. The van der Waals surface area contributed by atoms with Crippen molar-refractivity contribution in [2.75, 3.05) is 25.1 Å². The summed E-state index contributed by atoms with van der Waals surface area (Å²) in [5.41, 5.74) is 4.27. The minimum atomic E-state index is -0.327. The summed E-state index contributed by atoms with van der Waals surface area (Å²) < 4.78 is 5.40. The van der Waals surface area contributed by atoms with Crippen LogP contribution in [0.2, 0.25) is 0 Å². The third kappa shape index (κ3) is 4.51. The molecule has 2 aromatic rings. The summed E-state index contributed by atoms with van der Waals surface area (Å²) in [6.07, 6.45) is 1.55. The Morgan fingerprint density at radius 1 is 1.42 bits per heavy atom. The fourth-order valence-corrected chi connectivity index (χ4v) is 2.21. The summed E-state index contributed by atoms with van der Waals surface area (Å²) >= 11 is 0. The standard InChI is InChI=1S/C15H21N7O2/c1-4-22(5-2)12-7-6-11(13(8-12)24-3)10-16-19-15(23)9-14-17-20-21-18-14/h6-8,10H,4-5,9H2,1-3H3,(H,19,23)(H,17,18,20,21). The zero-order valence-electron chi connectivity index (χ0n) is 14.0. The van der Waals surface area contributed by atoms with E-state index in [1.807, 2.05) is 18.2 Å². The summed E-state index contributed by atoms with van der Waals surface area (Å²) in [5.74, 6) is 0.672. The molecule has 0 radical (unpaired) electrons. The Morgan fingerprint density at radius 2 is 2.21 bits per heavy atom. The number of ether oxygens (including phenoxy) is 1. The minimum Gasteiger partial charge on any atom is -0.496 e. The van der Waals surface area contributed by atoms with E-state index in [0.29, 0.717) is 11.6 Å². The van der Waals surface area contributed by atoms with Gasteiger partial charge in [0.25, 0.3) is 0 Å². The van der Waals surface area contributed by atoms with Gasteiger partial charge in [0, 0.05) is 30.4 Å². The second-order valence-corrected chi connectivity index (χ2v) is 4.90. The molecule has 0 atom stereocenters. The van der Waals surface area contributed by atoms with Crippen LogP contribution in [0.25, 0.3) is 0 Å². The number of nitrogens with zero attached hydrogens (tertiary/aromatic N) is 5. The van der Waals surface area contributed by atoms with Crippen LogP contribution in [0.3, 0.4) is 0 Å². The fourth-order valence-electron chi connectivity index (χ4n) is 2.21. The monoisotopic (exact) mass is 331 g/mol. The maximum atomic E-state index is 11.7. The summed E-state index contributed by atoms with van der Waals surface area (Å²) in [7, 11) is 1.60. The van der Waals surface area contributed by atoms with Crippen molar-refractivity contribution in [1.82, 2.24) is 26.0 Å². The molecule has 0 fully saturated rings. The molecule has 0 aliphatic carbocycles. The highest BCUT2D eigenvalue weighted by Crippen LogP contribution is 2.24. The van der Waals surface area contributed by atoms with Gasteiger partial charge < -0.3 is 9.64 Å². The van der Waals surface area contributed by atoms with Gasteiger partial charge in [0.1, 0.15) is 5.75 Å². The number of aromatic amines is 1. The molecule has 1 heterocycles. The van der Waals surface area contributed by atoms with Gasteiger partial charge in [-0.25, -0.2) is 5.43 Å². The predicted molar refractivity (Wildman–Crippen MR) is 90.2 cm³/mol. The fraction of sp³-hybridized carbons (Fsp3) is 0.400. The second kappa shape index (κ2) is 8.61. The van der Waals surface area contributed by atoms with E-state index in [9.17, 15) is 4.79 Å².